The molecular formula is C12H13IN2O4. The molecular weight excluding hydrogens is 363 g/mol. The van der Waals surface area contributed by atoms with Crippen LogP contribution in [-0.4, -0.2) is 31.1 Å². The molecule has 19 heavy (non-hydrogen) atoms. The molecule has 6 nitrogen and oxygen atoms in total. The molecule has 0 aliphatic heterocycles. The molecule has 102 valence electrons. The molecule has 1 atom stereocenters. The molecule has 0 spiro atoms. The van der Waals surface area contributed by atoms with Crippen LogP contribution < -0.4 is 10.6 Å². The molecule has 0 saturated carbocycles. The highest BCUT2D eigenvalue weighted by molar-refractivity contribution is 14.1. The van der Waals surface area contributed by atoms with Gasteiger partial charge in [-0.25, -0.2) is 9.59 Å². The summed E-state index contributed by atoms with van der Waals surface area (Å²) < 4.78 is 5.85. The Morgan fingerprint density at radius 2 is 2.00 bits per heavy atom. The van der Waals surface area contributed by atoms with Crippen molar-refractivity contribution in [2.24, 2.45) is 0 Å². The van der Waals surface area contributed by atoms with Gasteiger partial charge in [0.25, 0.3) is 5.91 Å². The van der Waals surface area contributed by atoms with E-state index in [4.69, 9.17) is 4.74 Å². The smallest absolute Gasteiger partial charge is 0.338 e. The van der Waals surface area contributed by atoms with Crippen LogP contribution in [0.1, 0.15) is 17.3 Å². The van der Waals surface area contributed by atoms with Crippen molar-refractivity contribution < 1.29 is 19.1 Å². The van der Waals surface area contributed by atoms with Gasteiger partial charge in [0, 0.05) is 10.6 Å². The number of halogens is 1. The quantitative estimate of drug-likeness (QED) is 0.615. The highest BCUT2D eigenvalue weighted by Crippen LogP contribution is 2.10. The molecule has 1 aromatic carbocycles. The molecule has 1 unspecified atom stereocenters. The molecule has 0 saturated heterocycles. The van der Waals surface area contributed by atoms with Gasteiger partial charge >= 0.3 is 12.0 Å². The van der Waals surface area contributed by atoms with Crippen LogP contribution in [0.3, 0.4) is 0 Å². The van der Waals surface area contributed by atoms with E-state index in [2.05, 4.69) is 27.9 Å². The van der Waals surface area contributed by atoms with Crippen molar-refractivity contribution in [2.45, 2.75) is 13.0 Å². The van der Waals surface area contributed by atoms with Crippen molar-refractivity contribution in [1.29, 1.82) is 0 Å². The summed E-state index contributed by atoms with van der Waals surface area (Å²) in [6.07, 6.45) is -1.05. The van der Waals surface area contributed by atoms with Gasteiger partial charge in [0.1, 0.15) is 0 Å². The summed E-state index contributed by atoms with van der Waals surface area (Å²) in [5.41, 5.74) is 0.353. The third-order valence-corrected chi connectivity index (χ3v) is 2.85. The Morgan fingerprint density at radius 1 is 1.32 bits per heavy atom. The number of carbonyl (C=O) groups excluding carboxylic acids is 3. The Hall–Kier alpha value is -1.64. The van der Waals surface area contributed by atoms with Crippen LogP contribution in [-0.2, 0) is 9.53 Å². The van der Waals surface area contributed by atoms with Gasteiger partial charge in [0.15, 0.2) is 6.10 Å². The van der Waals surface area contributed by atoms with Crippen LogP contribution >= 0.6 is 22.6 Å². The van der Waals surface area contributed by atoms with Crippen molar-refractivity contribution >= 4 is 40.5 Å². The monoisotopic (exact) mass is 376 g/mol. The van der Waals surface area contributed by atoms with Gasteiger partial charge in [0.2, 0.25) is 0 Å². The number of benzene rings is 1. The first-order valence-corrected chi connectivity index (χ1v) is 6.51. The molecule has 0 bridgehead atoms. The number of urea groups is 1. The number of rotatable bonds is 3. The molecule has 2 N–H and O–H groups in total. The van der Waals surface area contributed by atoms with Gasteiger partial charge in [-0.2, -0.15) is 0 Å². The Morgan fingerprint density at radius 3 is 2.58 bits per heavy atom. The topological polar surface area (TPSA) is 84.5 Å². The number of imide groups is 1. The average Bonchev–Trinajstić information content (AvgIpc) is 2.38. The van der Waals surface area contributed by atoms with Crippen LogP contribution in [0.5, 0.6) is 0 Å². The predicted molar refractivity (Wildman–Crippen MR) is 76.6 cm³/mol. The van der Waals surface area contributed by atoms with Gasteiger partial charge in [0.05, 0.1) is 5.56 Å². The number of nitrogens with one attached hydrogen (secondary N) is 2. The van der Waals surface area contributed by atoms with Crippen molar-refractivity contribution in [3.63, 3.8) is 0 Å². The Balaban J connectivity index is 2.61. The van der Waals surface area contributed by atoms with Crippen molar-refractivity contribution in [1.82, 2.24) is 10.6 Å². The fraction of sp³-hybridized carbons (Fsp3) is 0.250. The summed E-state index contributed by atoms with van der Waals surface area (Å²) in [6.45, 7) is 1.39. The van der Waals surface area contributed by atoms with E-state index in [1.807, 2.05) is 11.4 Å². The highest BCUT2D eigenvalue weighted by atomic mass is 127. The zero-order valence-electron chi connectivity index (χ0n) is 10.4. The minimum absolute atomic E-state index is 0.353. The van der Waals surface area contributed by atoms with Crippen molar-refractivity contribution in [3.8, 4) is 0 Å². The predicted octanol–water partition coefficient (Wildman–Crippen LogP) is 1.29. The number of hydrogen-bond donors (Lipinski definition) is 2. The molecule has 0 aromatic heterocycles. The summed E-state index contributed by atoms with van der Waals surface area (Å²) in [7, 11) is 1.38. The highest BCUT2D eigenvalue weighted by Gasteiger charge is 2.20. The molecule has 0 aliphatic rings. The second kappa shape index (κ2) is 7.07. The zero-order chi connectivity index (χ0) is 14.4. The van der Waals surface area contributed by atoms with E-state index in [-0.39, 0.29) is 0 Å². The van der Waals surface area contributed by atoms with Gasteiger partial charge in [-0.1, -0.05) is 6.07 Å². The van der Waals surface area contributed by atoms with Gasteiger partial charge in [-0.3, -0.25) is 10.1 Å². The number of ether oxygens (including phenoxy) is 1. The standard InChI is InChI=1S/C12H13IN2O4/c1-7(10(16)15-12(18)14-2)19-11(17)8-4-3-5-9(13)6-8/h3-7H,1-2H3,(H2,14,15,16,18). The largest absolute Gasteiger partial charge is 0.449 e. The molecule has 0 aliphatic carbocycles. The van der Waals surface area contributed by atoms with Gasteiger partial charge in [-0.05, 0) is 47.7 Å². The molecule has 7 heteroatoms. The SMILES string of the molecule is CNC(=O)NC(=O)C(C)OC(=O)c1cccc(I)c1. The lowest BCUT2D eigenvalue weighted by molar-refractivity contribution is -0.127. The van der Waals surface area contributed by atoms with E-state index >= 15 is 0 Å². The van der Waals surface area contributed by atoms with E-state index in [1.165, 1.54) is 14.0 Å². The van der Waals surface area contributed by atoms with Crippen LogP contribution in [0, 0.1) is 3.57 Å². The lowest BCUT2D eigenvalue weighted by Gasteiger charge is -2.12. The second-order valence-electron chi connectivity index (χ2n) is 3.63. The lowest BCUT2D eigenvalue weighted by atomic mass is 10.2. The molecule has 1 rings (SSSR count). The maximum Gasteiger partial charge on any atom is 0.338 e. The summed E-state index contributed by atoms with van der Waals surface area (Å²) in [6, 6.07) is 6.13. The summed E-state index contributed by atoms with van der Waals surface area (Å²) >= 11 is 2.07. The maximum absolute atomic E-state index is 11.8. The van der Waals surface area contributed by atoms with Crippen LogP contribution in [0.25, 0.3) is 0 Å². The van der Waals surface area contributed by atoms with E-state index in [9.17, 15) is 14.4 Å². The van der Waals surface area contributed by atoms with E-state index < -0.39 is 24.0 Å². The number of hydrogen-bond acceptors (Lipinski definition) is 4. The van der Waals surface area contributed by atoms with E-state index in [0.717, 1.165) is 3.57 Å². The van der Waals surface area contributed by atoms with Gasteiger partial charge < -0.3 is 10.1 Å². The van der Waals surface area contributed by atoms with Crippen LogP contribution in [0.4, 0.5) is 4.79 Å². The van der Waals surface area contributed by atoms with Crippen molar-refractivity contribution in [2.75, 3.05) is 7.05 Å². The maximum atomic E-state index is 11.8. The fourth-order valence-corrected chi connectivity index (χ4v) is 1.72. The molecule has 0 radical (unpaired) electrons. The van der Waals surface area contributed by atoms with Crippen molar-refractivity contribution in [3.05, 3.63) is 33.4 Å². The molecule has 3 amide bonds. The average molecular weight is 376 g/mol. The molecule has 1 aromatic rings. The second-order valence-corrected chi connectivity index (χ2v) is 4.87. The first-order chi connectivity index (χ1) is 8.93. The third kappa shape index (κ3) is 4.86. The first kappa shape index (κ1) is 15.4. The van der Waals surface area contributed by atoms with Crippen LogP contribution in [0.15, 0.2) is 24.3 Å². The number of esters is 1. The minimum Gasteiger partial charge on any atom is -0.449 e. The Kier molecular flexibility index (Phi) is 5.74. The molecule has 0 heterocycles. The zero-order valence-corrected chi connectivity index (χ0v) is 12.6. The normalized spacial score (nSPS) is 11.3. The molecule has 0 fully saturated rings. The van der Waals surface area contributed by atoms with E-state index in [1.54, 1.807) is 18.2 Å². The Bertz CT molecular complexity index is 504. The summed E-state index contributed by atoms with van der Waals surface area (Å²) in [5, 5.41) is 4.26. The first-order valence-electron chi connectivity index (χ1n) is 5.43. The van der Waals surface area contributed by atoms with Crippen LogP contribution in [0.2, 0.25) is 0 Å². The fourth-order valence-electron chi connectivity index (χ4n) is 1.17. The lowest BCUT2D eigenvalue weighted by Crippen LogP contribution is -2.43. The number of amides is 3. The van der Waals surface area contributed by atoms with Gasteiger partial charge in [-0.15, -0.1) is 0 Å². The third-order valence-electron chi connectivity index (χ3n) is 2.18. The summed E-state index contributed by atoms with van der Waals surface area (Å²) in [5.74, 6) is -1.29. The Labute approximate surface area is 124 Å². The number of carbonyl (C=O) groups is 3. The van der Waals surface area contributed by atoms with E-state index in [0.29, 0.717) is 5.56 Å². The summed E-state index contributed by atoms with van der Waals surface area (Å²) in [4.78, 5) is 34.2. The minimum atomic E-state index is -1.05.